The van der Waals surface area contributed by atoms with Gasteiger partial charge < -0.3 is 29.2 Å². The fraction of sp³-hybridized carbons (Fsp3) is 0.140. The van der Waals surface area contributed by atoms with Gasteiger partial charge in [0, 0.05) is 5.56 Å². The van der Waals surface area contributed by atoms with Gasteiger partial charge in [-0.1, -0.05) is 133 Å². The predicted molar refractivity (Wildman–Crippen MR) is 247 cm³/mol. The topological polar surface area (TPSA) is 173 Å². The highest BCUT2D eigenvalue weighted by atomic mass is 35.5. The van der Waals surface area contributed by atoms with Crippen molar-refractivity contribution in [1.29, 1.82) is 0 Å². The zero-order valence-corrected chi connectivity index (χ0v) is 36.8. The zero-order chi connectivity index (χ0) is 45.7. The molecule has 66 heavy (non-hydrogen) atoms. The Labute approximate surface area is 384 Å². The summed E-state index contributed by atoms with van der Waals surface area (Å²) in [6, 6.07) is 49.6. The Bertz CT molecular complexity index is 2960. The molecule has 8 aromatic rings. The summed E-state index contributed by atoms with van der Waals surface area (Å²) in [5.41, 5.74) is 1.90. The highest BCUT2D eigenvalue weighted by Crippen LogP contribution is 2.50. The van der Waals surface area contributed by atoms with E-state index in [2.05, 4.69) is 20.3 Å². The number of ether oxygens (including phenoxy) is 4. The highest BCUT2D eigenvalue weighted by Gasteiger charge is 2.53. The first-order valence-electron chi connectivity index (χ1n) is 20.8. The second kappa shape index (κ2) is 19.2. The number of carbonyl (C=O) groups excluding carboxylic acids is 2. The van der Waals surface area contributed by atoms with E-state index in [-0.39, 0.29) is 39.5 Å². The van der Waals surface area contributed by atoms with Gasteiger partial charge in [-0.25, -0.2) is 19.7 Å². The van der Waals surface area contributed by atoms with Gasteiger partial charge in [0.2, 0.25) is 0 Å². The highest BCUT2D eigenvalue weighted by molar-refractivity contribution is 7.61. The van der Waals surface area contributed by atoms with Crippen LogP contribution in [0.3, 0.4) is 0 Å². The van der Waals surface area contributed by atoms with Gasteiger partial charge in [-0.2, -0.15) is 0 Å². The molecular formula is C50H41ClN5O9P. The second-order valence-corrected chi connectivity index (χ2v) is 17.3. The molecule has 0 spiro atoms. The molecule has 1 aliphatic rings. The van der Waals surface area contributed by atoms with Crippen molar-refractivity contribution >= 4 is 53.4 Å². The molecule has 1 unspecified atom stereocenters. The Hall–Kier alpha value is -7.03. The fourth-order valence-corrected chi connectivity index (χ4v) is 9.76. The summed E-state index contributed by atoms with van der Waals surface area (Å²) in [5, 5.41) is 2.59. The summed E-state index contributed by atoms with van der Waals surface area (Å²) in [6.07, 6.45) is -2.91. The molecule has 9 rings (SSSR count). The summed E-state index contributed by atoms with van der Waals surface area (Å²) < 4.78 is 48.3. The Morgan fingerprint density at radius 1 is 0.742 bits per heavy atom. The molecule has 1 saturated heterocycles. The molecule has 3 heterocycles. The third kappa shape index (κ3) is 8.85. The first-order valence-corrected chi connectivity index (χ1v) is 22.7. The van der Waals surface area contributed by atoms with Crippen molar-refractivity contribution in [3.05, 3.63) is 215 Å². The molecule has 0 bridgehead atoms. The average Bonchev–Trinajstić information content (AvgIpc) is 3.94. The number of aromatic nitrogens is 4. The molecule has 1 fully saturated rings. The van der Waals surface area contributed by atoms with Crippen LogP contribution in [0.5, 0.6) is 5.75 Å². The number of amides is 1. The van der Waals surface area contributed by atoms with Gasteiger partial charge in [0.05, 0.1) is 35.9 Å². The molecule has 0 saturated carbocycles. The van der Waals surface area contributed by atoms with E-state index in [0.29, 0.717) is 11.3 Å². The standard InChI is InChI=1S/C50H41ClN5O9P/c1-61-38-28-26-37(27-29-38)50(35-20-10-4-11-21-35,36-22-12-5-13-23-36)62-30-40-43(64-49(58)34-18-8-3-9-19-34)44(65-66(59,60)41-25-15-14-24-39(41)51)48(63-40)56-32-54-42-45(52-31-53-46(42)56)55-47(57)33-16-6-2-7-17-33/h2-29,31-32,40,43-44,48H,30H2,1H3,(H,59,60)(H,52,53,55,57)/t40-,43+,44-,48-/m1/s1. The van der Waals surface area contributed by atoms with Gasteiger partial charge in [0.1, 0.15) is 23.8 Å². The first-order chi connectivity index (χ1) is 32.2. The number of esters is 1. The number of anilines is 1. The lowest BCUT2D eigenvalue weighted by molar-refractivity contribution is -0.0959. The quantitative estimate of drug-likeness (QED) is 0.0570. The summed E-state index contributed by atoms with van der Waals surface area (Å²) in [6.45, 7) is -0.277. The lowest BCUT2D eigenvalue weighted by Crippen LogP contribution is -2.42. The van der Waals surface area contributed by atoms with Crippen LogP contribution in [0.2, 0.25) is 5.02 Å². The molecule has 1 amide bonds. The summed E-state index contributed by atoms with van der Waals surface area (Å²) in [4.78, 5) is 52.7. The van der Waals surface area contributed by atoms with Crippen LogP contribution in [0.1, 0.15) is 43.6 Å². The minimum absolute atomic E-state index is 0.0221. The number of carbonyl (C=O) groups is 2. The number of fused-ring (bicyclic) bond motifs is 1. The van der Waals surface area contributed by atoms with E-state index < -0.39 is 49.6 Å². The van der Waals surface area contributed by atoms with Crippen LogP contribution in [-0.2, 0) is 28.9 Å². The molecule has 332 valence electrons. The number of imidazole rings is 1. The van der Waals surface area contributed by atoms with Crippen molar-refractivity contribution in [2.75, 3.05) is 19.0 Å². The van der Waals surface area contributed by atoms with Crippen LogP contribution in [0.4, 0.5) is 5.82 Å². The molecule has 16 heteroatoms. The summed E-state index contributed by atoms with van der Waals surface area (Å²) in [5.74, 6) is -0.472. The number of hydrogen-bond donors (Lipinski definition) is 2. The molecule has 1 aliphatic heterocycles. The molecule has 2 aromatic heterocycles. The zero-order valence-electron chi connectivity index (χ0n) is 35.2. The van der Waals surface area contributed by atoms with Crippen LogP contribution < -0.4 is 15.4 Å². The van der Waals surface area contributed by atoms with E-state index >= 15 is 0 Å². The van der Waals surface area contributed by atoms with Crippen LogP contribution in [0.25, 0.3) is 11.2 Å². The maximum atomic E-state index is 14.5. The maximum Gasteiger partial charge on any atom is 0.360 e. The monoisotopic (exact) mass is 921 g/mol. The van der Waals surface area contributed by atoms with Gasteiger partial charge in [-0.15, -0.1) is 0 Å². The molecular weight excluding hydrogens is 881 g/mol. The third-order valence-corrected chi connectivity index (χ3v) is 13.2. The Balaban J connectivity index is 1.18. The Morgan fingerprint density at radius 2 is 1.32 bits per heavy atom. The van der Waals surface area contributed by atoms with Crippen molar-refractivity contribution in [3.8, 4) is 5.75 Å². The number of benzene rings is 6. The van der Waals surface area contributed by atoms with Crippen molar-refractivity contribution in [3.63, 3.8) is 0 Å². The van der Waals surface area contributed by atoms with Crippen molar-refractivity contribution < 1.29 is 42.5 Å². The van der Waals surface area contributed by atoms with Crippen LogP contribution >= 0.6 is 19.2 Å². The molecule has 6 aromatic carbocycles. The van der Waals surface area contributed by atoms with Gasteiger partial charge in [0.25, 0.3) is 5.91 Å². The van der Waals surface area contributed by atoms with Gasteiger partial charge >= 0.3 is 13.6 Å². The normalized spacial score (nSPS) is 18.0. The Kier molecular flexibility index (Phi) is 12.9. The molecule has 14 nitrogen and oxygen atoms in total. The van der Waals surface area contributed by atoms with Crippen molar-refractivity contribution in [1.82, 2.24) is 19.5 Å². The minimum Gasteiger partial charge on any atom is -0.497 e. The molecule has 2 N–H and O–H groups in total. The summed E-state index contributed by atoms with van der Waals surface area (Å²) in [7, 11) is -3.27. The predicted octanol–water partition coefficient (Wildman–Crippen LogP) is 8.77. The van der Waals surface area contributed by atoms with Crippen LogP contribution in [0.15, 0.2) is 183 Å². The molecule has 0 aliphatic carbocycles. The third-order valence-electron chi connectivity index (χ3n) is 11.2. The van der Waals surface area contributed by atoms with E-state index in [1.54, 1.807) is 79.9 Å². The van der Waals surface area contributed by atoms with E-state index in [1.165, 1.54) is 29.4 Å². The largest absolute Gasteiger partial charge is 0.497 e. The lowest BCUT2D eigenvalue weighted by Gasteiger charge is -2.37. The smallest absolute Gasteiger partial charge is 0.360 e. The van der Waals surface area contributed by atoms with Gasteiger partial charge in [-0.05, 0) is 65.2 Å². The lowest BCUT2D eigenvalue weighted by atomic mass is 9.80. The van der Waals surface area contributed by atoms with E-state index in [1.807, 2.05) is 84.9 Å². The SMILES string of the molecule is COc1ccc(C(OC[C@H]2O[C@@H](n3cnc4c(NC(=O)c5ccccc5)ncnc43)[C@H](OP(=O)(O)c3ccccc3Cl)[C@H]2OC(=O)c2ccccc2)(c2ccccc2)c2ccccc2)cc1. The molecule has 5 atom stereocenters. The average molecular weight is 922 g/mol. The molecule has 0 radical (unpaired) electrons. The van der Waals surface area contributed by atoms with Crippen LogP contribution in [0, 0.1) is 0 Å². The number of rotatable bonds is 15. The van der Waals surface area contributed by atoms with E-state index in [0.717, 1.165) is 16.7 Å². The van der Waals surface area contributed by atoms with Crippen molar-refractivity contribution in [2.24, 2.45) is 0 Å². The van der Waals surface area contributed by atoms with Gasteiger partial charge in [0.15, 0.2) is 35.4 Å². The maximum absolute atomic E-state index is 14.5. The summed E-state index contributed by atoms with van der Waals surface area (Å²) >= 11 is 6.51. The fourth-order valence-electron chi connectivity index (χ4n) is 8.02. The first kappa shape index (κ1) is 44.2. The van der Waals surface area contributed by atoms with E-state index in [9.17, 15) is 19.0 Å². The Morgan fingerprint density at radius 3 is 1.94 bits per heavy atom. The number of nitrogens with zero attached hydrogens (tertiary/aromatic N) is 4. The van der Waals surface area contributed by atoms with Crippen molar-refractivity contribution in [2.45, 2.75) is 30.1 Å². The number of halogens is 1. The van der Waals surface area contributed by atoms with Gasteiger partial charge in [-0.3, -0.25) is 18.5 Å². The second-order valence-electron chi connectivity index (χ2n) is 15.2. The van der Waals surface area contributed by atoms with Crippen LogP contribution in [-0.4, -0.2) is 68.3 Å². The van der Waals surface area contributed by atoms with E-state index in [4.69, 9.17) is 35.1 Å². The number of hydrogen-bond acceptors (Lipinski definition) is 11. The minimum atomic E-state index is -4.86. The number of methoxy groups -OCH3 is 1. The number of nitrogens with one attached hydrogen (secondary N) is 1.